The SMILES string of the molecule is OCC1(CNC(C2=CCCCC2)C2CCCCC2)COC1. The molecule has 1 saturated carbocycles. The number of rotatable bonds is 6. The third-order valence-corrected chi connectivity index (χ3v) is 5.70. The lowest BCUT2D eigenvalue weighted by Crippen LogP contribution is -2.55. The second-order valence-corrected chi connectivity index (χ2v) is 7.43. The van der Waals surface area contributed by atoms with Gasteiger partial charge in [-0.1, -0.05) is 30.9 Å². The molecule has 3 aliphatic rings. The first-order chi connectivity index (χ1) is 10.3. The van der Waals surface area contributed by atoms with E-state index in [1.165, 1.54) is 57.8 Å². The number of aliphatic hydroxyl groups is 1. The van der Waals surface area contributed by atoms with Gasteiger partial charge in [-0.05, 0) is 44.4 Å². The van der Waals surface area contributed by atoms with Crippen LogP contribution in [0.15, 0.2) is 11.6 Å². The van der Waals surface area contributed by atoms with Gasteiger partial charge in [0, 0.05) is 12.6 Å². The van der Waals surface area contributed by atoms with E-state index in [0.29, 0.717) is 19.3 Å². The third-order valence-electron chi connectivity index (χ3n) is 5.70. The lowest BCUT2D eigenvalue weighted by Gasteiger charge is -2.43. The molecule has 21 heavy (non-hydrogen) atoms. The molecule has 3 rings (SSSR count). The molecule has 0 bridgehead atoms. The summed E-state index contributed by atoms with van der Waals surface area (Å²) in [5, 5.41) is 13.5. The van der Waals surface area contributed by atoms with Crippen molar-refractivity contribution in [1.82, 2.24) is 5.32 Å². The zero-order valence-electron chi connectivity index (χ0n) is 13.3. The van der Waals surface area contributed by atoms with Crippen molar-refractivity contribution >= 4 is 0 Å². The fourth-order valence-electron chi connectivity index (χ4n) is 4.18. The molecule has 1 atom stereocenters. The Kier molecular flexibility index (Phi) is 5.36. The van der Waals surface area contributed by atoms with E-state index in [1.54, 1.807) is 5.57 Å². The summed E-state index contributed by atoms with van der Waals surface area (Å²) in [6.45, 7) is 2.58. The molecule has 1 heterocycles. The first-order valence-electron chi connectivity index (χ1n) is 8.94. The summed E-state index contributed by atoms with van der Waals surface area (Å²) in [4.78, 5) is 0. The molecular weight excluding hydrogens is 262 g/mol. The summed E-state index contributed by atoms with van der Waals surface area (Å²) in [6, 6.07) is 0.551. The third kappa shape index (κ3) is 3.69. The second-order valence-electron chi connectivity index (χ2n) is 7.43. The number of aliphatic hydroxyl groups excluding tert-OH is 1. The Labute approximate surface area is 129 Å². The van der Waals surface area contributed by atoms with Gasteiger partial charge < -0.3 is 15.2 Å². The highest BCUT2D eigenvalue weighted by molar-refractivity contribution is 5.15. The van der Waals surface area contributed by atoms with E-state index < -0.39 is 0 Å². The Morgan fingerprint density at radius 1 is 1.19 bits per heavy atom. The van der Waals surface area contributed by atoms with Gasteiger partial charge in [-0.25, -0.2) is 0 Å². The number of hydrogen-bond acceptors (Lipinski definition) is 3. The summed E-state index contributed by atoms with van der Waals surface area (Å²) in [6.07, 6.45) is 14.7. The maximum absolute atomic E-state index is 9.64. The molecule has 1 aliphatic heterocycles. The molecule has 2 fully saturated rings. The van der Waals surface area contributed by atoms with Crippen LogP contribution in [-0.2, 0) is 4.74 Å². The molecule has 0 amide bonds. The quantitative estimate of drug-likeness (QED) is 0.740. The van der Waals surface area contributed by atoms with Gasteiger partial charge in [0.05, 0.1) is 25.2 Å². The van der Waals surface area contributed by atoms with Crippen molar-refractivity contribution in [3.05, 3.63) is 11.6 Å². The summed E-state index contributed by atoms with van der Waals surface area (Å²) < 4.78 is 5.34. The molecule has 2 N–H and O–H groups in total. The van der Waals surface area contributed by atoms with E-state index in [0.717, 1.165) is 12.5 Å². The fourth-order valence-corrected chi connectivity index (χ4v) is 4.18. The topological polar surface area (TPSA) is 41.5 Å². The van der Waals surface area contributed by atoms with Crippen LogP contribution in [0.1, 0.15) is 57.8 Å². The number of allylic oxidation sites excluding steroid dienone is 1. The highest BCUT2D eigenvalue weighted by atomic mass is 16.5. The Bertz CT molecular complexity index is 351. The largest absolute Gasteiger partial charge is 0.396 e. The Morgan fingerprint density at radius 2 is 2.00 bits per heavy atom. The Morgan fingerprint density at radius 3 is 2.57 bits per heavy atom. The summed E-state index contributed by atoms with van der Waals surface area (Å²) in [7, 11) is 0. The maximum Gasteiger partial charge on any atom is 0.0579 e. The van der Waals surface area contributed by atoms with E-state index >= 15 is 0 Å². The standard InChI is InChI=1S/C18H31NO2/c20-12-18(13-21-14-18)11-19-17(15-7-3-1-4-8-15)16-9-5-2-6-10-16/h7,16-17,19-20H,1-6,8-14H2. The van der Waals surface area contributed by atoms with Gasteiger partial charge in [-0.3, -0.25) is 0 Å². The minimum absolute atomic E-state index is 0.0118. The number of ether oxygens (including phenoxy) is 1. The van der Waals surface area contributed by atoms with Gasteiger partial charge in [-0.15, -0.1) is 0 Å². The number of hydrogen-bond donors (Lipinski definition) is 2. The first-order valence-corrected chi connectivity index (χ1v) is 8.94. The molecule has 1 saturated heterocycles. The molecular formula is C18H31NO2. The van der Waals surface area contributed by atoms with Gasteiger partial charge in [0.25, 0.3) is 0 Å². The molecule has 3 heteroatoms. The zero-order chi connectivity index (χ0) is 14.5. The predicted octanol–water partition coefficient (Wildman–Crippen LogP) is 3.03. The molecule has 0 aromatic heterocycles. The van der Waals surface area contributed by atoms with Crippen molar-refractivity contribution in [3.8, 4) is 0 Å². The lowest BCUT2D eigenvalue weighted by atomic mass is 9.77. The average molecular weight is 293 g/mol. The van der Waals surface area contributed by atoms with Crippen molar-refractivity contribution in [1.29, 1.82) is 0 Å². The van der Waals surface area contributed by atoms with Crippen LogP contribution < -0.4 is 5.32 Å². The molecule has 0 aromatic rings. The van der Waals surface area contributed by atoms with Crippen molar-refractivity contribution < 1.29 is 9.84 Å². The van der Waals surface area contributed by atoms with Crippen molar-refractivity contribution in [3.63, 3.8) is 0 Å². The lowest BCUT2D eigenvalue weighted by molar-refractivity contribution is -0.135. The van der Waals surface area contributed by atoms with Crippen LogP contribution in [0.25, 0.3) is 0 Å². The summed E-state index contributed by atoms with van der Waals surface area (Å²) in [5.74, 6) is 0.805. The van der Waals surface area contributed by atoms with E-state index in [9.17, 15) is 5.11 Å². The minimum Gasteiger partial charge on any atom is -0.396 e. The van der Waals surface area contributed by atoms with E-state index in [1.807, 2.05) is 0 Å². The van der Waals surface area contributed by atoms with Crippen LogP contribution in [0, 0.1) is 11.3 Å². The van der Waals surface area contributed by atoms with Crippen molar-refractivity contribution in [2.75, 3.05) is 26.4 Å². The normalized spacial score (nSPS) is 27.8. The van der Waals surface area contributed by atoms with Gasteiger partial charge >= 0.3 is 0 Å². The average Bonchev–Trinajstić information content (AvgIpc) is 2.52. The van der Waals surface area contributed by atoms with Gasteiger partial charge in [0.1, 0.15) is 0 Å². The Balaban J connectivity index is 1.64. The van der Waals surface area contributed by atoms with Crippen LogP contribution in [-0.4, -0.2) is 37.5 Å². The van der Waals surface area contributed by atoms with Crippen LogP contribution in [0.3, 0.4) is 0 Å². The molecule has 1 unspecified atom stereocenters. The molecule has 0 aromatic carbocycles. The molecule has 0 radical (unpaired) electrons. The zero-order valence-corrected chi connectivity index (χ0v) is 13.3. The monoisotopic (exact) mass is 293 g/mol. The van der Waals surface area contributed by atoms with E-state index in [2.05, 4.69) is 11.4 Å². The van der Waals surface area contributed by atoms with Crippen LogP contribution in [0.2, 0.25) is 0 Å². The van der Waals surface area contributed by atoms with E-state index in [-0.39, 0.29) is 12.0 Å². The van der Waals surface area contributed by atoms with Crippen molar-refractivity contribution in [2.45, 2.75) is 63.8 Å². The van der Waals surface area contributed by atoms with Gasteiger partial charge in [0.15, 0.2) is 0 Å². The van der Waals surface area contributed by atoms with Gasteiger partial charge in [-0.2, -0.15) is 0 Å². The second kappa shape index (κ2) is 7.26. The molecule has 0 spiro atoms. The Hall–Kier alpha value is -0.380. The van der Waals surface area contributed by atoms with Crippen molar-refractivity contribution in [2.24, 2.45) is 11.3 Å². The van der Waals surface area contributed by atoms with E-state index in [4.69, 9.17) is 4.74 Å². The smallest absolute Gasteiger partial charge is 0.0579 e. The fraction of sp³-hybridized carbons (Fsp3) is 0.889. The van der Waals surface area contributed by atoms with Gasteiger partial charge in [0.2, 0.25) is 0 Å². The first kappa shape index (κ1) is 15.5. The summed E-state index contributed by atoms with van der Waals surface area (Å²) >= 11 is 0. The highest BCUT2D eigenvalue weighted by Crippen LogP contribution is 2.34. The summed E-state index contributed by atoms with van der Waals surface area (Å²) in [5.41, 5.74) is 1.64. The molecule has 120 valence electrons. The minimum atomic E-state index is -0.0118. The highest BCUT2D eigenvalue weighted by Gasteiger charge is 2.39. The number of nitrogens with one attached hydrogen (secondary N) is 1. The van der Waals surface area contributed by atoms with Crippen LogP contribution >= 0.6 is 0 Å². The molecule has 2 aliphatic carbocycles. The van der Waals surface area contributed by atoms with Crippen LogP contribution in [0.4, 0.5) is 0 Å². The van der Waals surface area contributed by atoms with Crippen LogP contribution in [0.5, 0.6) is 0 Å². The molecule has 3 nitrogen and oxygen atoms in total. The maximum atomic E-state index is 9.64. The predicted molar refractivity (Wildman–Crippen MR) is 85.3 cm³/mol.